The van der Waals surface area contributed by atoms with Crippen molar-refractivity contribution in [1.29, 1.82) is 0 Å². The minimum Gasteiger partial charge on any atom is -0.481 e. The Morgan fingerprint density at radius 3 is 1.95 bits per heavy atom. The molecule has 0 aliphatic rings. The fraction of sp³-hybridized carbons (Fsp3) is 0.765. The Morgan fingerprint density at radius 1 is 0.952 bits per heavy atom. The van der Waals surface area contributed by atoms with Gasteiger partial charge in [0.15, 0.2) is 0 Å². The van der Waals surface area contributed by atoms with Crippen LogP contribution < -0.4 is 0 Å². The first-order chi connectivity index (χ1) is 9.92. The molecule has 1 atom stereocenters. The molecule has 0 saturated heterocycles. The van der Waals surface area contributed by atoms with Crippen molar-refractivity contribution in [3.63, 3.8) is 0 Å². The predicted molar refractivity (Wildman–Crippen MR) is 84.4 cm³/mol. The number of rotatable bonds is 13. The molecule has 4 nitrogen and oxygen atoms in total. The molecule has 122 valence electrons. The highest BCUT2D eigenvalue weighted by atomic mass is 16.4. The Balaban J connectivity index is 3.82. The van der Waals surface area contributed by atoms with E-state index in [9.17, 15) is 9.59 Å². The molecule has 0 fully saturated rings. The van der Waals surface area contributed by atoms with Gasteiger partial charge in [-0.3, -0.25) is 9.59 Å². The molecule has 0 heterocycles. The summed E-state index contributed by atoms with van der Waals surface area (Å²) in [7, 11) is 0. The van der Waals surface area contributed by atoms with Crippen LogP contribution in [0.4, 0.5) is 0 Å². The Hall–Kier alpha value is -1.32. The molecule has 0 aliphatic carbocycles. The normalized spacial score (nSPS) is 14.2. The molecule has 0 amide bonds. The number of hydrogen-bond acceptors (Lipinski definition) is 2. The minimum absolute atomic E-state index is 0.379. The lowest BCUT2D eigenvalue weighted by Gasteiger charge is -2.17. The molecule has 0 radical (unpaired) electrons. The summed E-state index contributed by atoms with van der Waals surface area (Å²) >= 11 is 0. The minimum atomic E-state index is -1.30. The number of unbranched alkanes of at least 4 members (excludes halogenated alkanes) is 8. The van der Waals surface area contributed by atoms with Gasteiger partial charge in [-0.25, -0.2) is 0 Å². The quantitative estimate of drug-likeness (QED) is 0.384. The summed E-state index contributed by atoms with van der Waals surface area (Å²) in [4.78, 5) is 21.8. The predicted octanol–water partition coefficient (Wildman–Crippen LogP) is 4.64. The molecular formula is C17H30O4. The van der Waals surface area contributed by atoms with E-state index < -0.39 is 17.4 Å². The molecule has 1 unspecified atom stereocenters. The third kappa shape index (κ3) is 10.1. The summed E-state index contributed by atoms with van der Waals surface area (Å²) in [6.45, 7) is 3.66. The van der Waals surface area contributed by atoms with E-state index in [1.165, 1.54) is 51.5 Å². The van der Waals surface area contributed by atoms with E-state index >= 15 is 0 Å². The van der Waals surface area contributed by atoms with E-state index in [-0.39, 0.29) is 6.42 Å². The summed E-state index contributed by atoms with van der Waals surface area (Å²) in [6.07, 6.45) is 13.7. The maximum Gasteiger partial charge on any atom is 0.313 e. The summed E-state index contributed by atoms with van der Waals surface area (Å²) < 4.78 is 0. The van der Waals surface area contributed by atoms with E-state index in [1.54, 1.807) is 0 Å². The average Bonchev–Trinajstić information content (AvgIpc) is 2.40. The number of carboxylic acid groups (broad SMARTS) is 2. The van der Waals surface area contributed by atoms with Crippen molar-refractivity contribution < 1.29 is 19.8 Å². The molecule has 2 N–H and O–H groups in total. The van der Waals surface area contributed by atoms with Crippen LogP contribution in [0.2, 0.25) is 0 Å². The van der Waals surface area contributed by atoms with E-state index in [0.717, 1.165) is 19.3 Å². The SMILES string of the molecule is CCCCCCCCCC/C=C/C(C)(CC(=O)O)C(=O)O. The Kier molecular flexibility index (Phi) is 10.6. The van der Waals surface area contributed by atoms with Gasteiger partial charge >= 0.3 is 11.9 Å². The fourth-order valence-electron chi connectivity index (χ4n) is 2.26. The first-order valence-corrected chi connectivity index (χ1v) is 8.05. The fourth-order valence-corrected chi connectivity index (χ4v) is 2.26. The average molecular weight is 298 g/mol. The van der Waals surface area contributed by atoms with Crippen LogP contribution in [0.5, 0.6) is 0 Å². The molecule has 0 rings (SSSR count). The molecule has 4 heteroatoms. The van der Waals surface area contributed by atoms with Crippen LogP contribution in [0.3, 0.4) is 0 Å². The van der Waals surface area contributed by atoms with Gasteiger partial charge in [0.05, 0.1) is 11.8 Å². The number of hydrogen-bond donors (Lipinski definition) is 2. The smallest absolute Gasteiger partial charge is 0.313 e. The highest BCUT2D eigenvalue weighted by Crippen LogP contribution is 2.24. The van der Waals surface area contributed by atoms with Gasteiger partial charge < -0.3 is 10.2 Å². The first kappa shape index (κ1) is 19.7. The lowest BCUT2D eigenvalue weighted by molar-refractivity contribution is -0.151. The lowest BCUT2D eigenvalue weighted by Crippen LogP contribution is -2.28. The number of aliphatic carboxylic acids is 2. The number of allylic oxidation sites excluding steroid dienone is 1. The largest absolute Gasteiger partial charge is 0.481 e. The maximum atomic E-state index is 11.1. The van der Waals surface area contributed by atoms with Crippen LogP contribution in [0.25, 0.3) is 0 Å². The summed E-state index contributed by atoms with van der Waals surface area (Å²) in [5.74, 6) is -2.17. The van der Waals surface area contributed by atoms with Gasteiger partial charge in [0.25, 0.3) is 0 Å². The topological polar surface area (TPSA) is 74.6 Å². The second-order valence-electron chi connectivity index (χ2n) is 5.96. The summed E-state index contributed by atoms with van der Waals surface area (Å²) in [5, 5.41) is 17.9. The third-order valence-electron chi connectivity index (χ3n) is 3.72. The second kappa shape index (κ2) is 11.4. The van der Waals surface area contributed by atoms with Crippen molar-refractivity contribution in [2.45, 2.75) is 78.1 Å². The van der Waals surface area contributed by atoms with Crippen molar-refractivity contribution in [3.8, 4) is 0 Å². The zero-order chi connectivity index (χ0) is 16.1. The Morgan fingerprint density at radius 2 is 1.48 bits per heavy atom. The van der Waals surface area contributed by atoms with Crippen LogP contribution in [-0.2, 0) is 9.59 Å². The van der Waals surface area contributed by atoms with Gasteiger partial charge in [-0.2, -0.15) is 0 Å². The summed E-state index contributed by atoms with van der Waals surface area (Å²) in [5.41, 5.74) is -1.30. The van der Waals surface area contributed by atoms with Gasteiger partial charge in [-0.05, 0) is 19.8 Å². The van der Waals surface area contributed by atoms with Crippen molar-refractivity contribution in [1.82, 2.24) is 0 Å². The van der Waals surface area contributed by atoms with Crippen molar-refractivity contribution in [2.24, 2.45) is 5.41 Å². The van der Waals surface area contributed by atoms with Crippen LogP contribution in [-0.4, -0.2) is 22.2 Å². The monoisotopic (exact) mass is 298 g/mol. The molecule has 0 saturated carbocycles. The van der Waals surface area contributed by atoms with Gasteiger partial charge in [-0.1, -0.05) is 64.0 Å². The van der Waals surface area contributed by atoms with Gasteiger partial charge in [0.1, 0.15) is 0 Å². The Labute approximate surface area is 128 Å². The first-order valence-electron chi connectivity index (χ1n) is 8.05. The Bertz CT molecular complexity index is 336. The van der Waals surface area contributed by atoms with E-state index in [1.807, 2.05) is 6.08 Å². The molecule has 0 aromatic rings. The zero-order valence-electron chi connectivity index (χ0n) is 13.4. The number of carboxylic acids is 2. The van der Waals surface area contributed by atoms with Crippen molar-refractivity contribution in [3.05, 3.63) is 12.2 Å². The molecule has 0 spiro atoms. The van der Waals surface area contributed by atoms with Crippen molar-refractivity contribution >= 4 is 11.9 Å². The summed E-state index contributed by atoms with van der Waals surface area (Å²) in [6, 6.07) is 0. The molecular weight excluding hydrogens is 268 g/mol. The molecule has 0 aromatic carbocycles. The van der Waals surface area contributed by atoms with Gasteiger partial charge in [-0.15, -0.1) is 0 Å². The highest BCUT2D eigenvalue weighted by Gasteiger charge is 2.32. The molecule has 0 aromatic heterocycles. The van der Waals surface area contributed by atoms with Gasteiger partial charge in [0, 0.05) is 0 Å². The van der Waals surface area contributed by atoms with Crippen molar-refractivity contribution in [2.75, 3.05) is 0 Å². The van der Waals surface area contributed by atoms with Crippen LogP contribution in [0, 0.1) is 5.41 Å². The zero-order valence-corrected chi connectivity index (χ0v) is 13.4. The highest BCUT2D eigenvalue weighted by molar-refractivity contribution is 5.82. The standard InChI is InChI=1S/C17H30O4/c1-3-4-5-6-7-8-9-10-11-12-13-17(2,16(20)21)14-15(18)19/h12-13H,3-11,14H2,1-2H3,(H,18,19)(H,20,21)/b13-12+. The van der Waals surface area contributed by atoms with Gasteiger partial charge in [0.2, 0.25) is 0 Å². The molecule has 21 heavy (non-hydrogen) atoms. The van der Waals surface area contributed by atoms with Crippen LogP contribution >= 0.6 is 0 Å². The van der Waals surface area contributed by atoms with E-state index in [2.05, 4.69) is 6.92 Å². The maximum absolute atomic E-state index is 11.1. The lowest BCUT2D eigenvalue weighted by atomic mass is 9.86. The number of carbonyl (C=O) groups is 2. The van der Waals surface area contributed by atoms with Crippen LogP contribution in [0.15, 0.2) is 12.2 Å². The molecule has 0 aliphatic heterocycles. The van der Waals surface area contributed by atoms with E-state index in [0.29, 0.717) is 0 Å². The van der Waals surface area contributed by atoms with Crippen LogP contribution in [0.1, 0.15) is 78.1 Å². The second-order valence-corrected chi connectivity index (χ2v) is 5.96. The van der Waals surface area contributed by atoms with E-state index in [4.69, 9.17) is 10.2 Å². The molecule has 0 bridgehead atoms. The third-order valence-corrected chi connectivity index (χ3v) is 3.72.